The molecular weight excluding hydrogens is 370 g/mol. The fraction of sp³-hybridized carbons (Fsp3) is 0.478. The normalized spacial score (nSPS) is 14.4. The van der Waals surface area contributed by atoms with Crippen molar-refractivity contribution >= 4 is 28.2 Å². The van der Waals surface area contributed by atoms with Crippen LogP contribution in [-0.4, -0.2) is 19.0 Å². The number of carbonyl (C=O) groups excluding carboxylic acids is 2. The lowest BCUT2D eigenvalue weighted by molar-refractivity contribution is -0.116. The highest BCUT2D eigenvalue weighted by atomic mass is 32.1. The standard InChI is InChI=1S/C23H29NO3S/c1-15(2)17-9-11-18(12-10-17)19-14-28-22(21(19)23(26)27-3)24-20(25)13-8-16-6-4-5-7-16/h9-12,14-16H,4-8,13H2,1-3H3,(H,24,25). The largest absolute Gasteiger partial charge is 0.465 e. The lowest BCUT2D eigenvalue weighted by Gasteiger charge is -2.10. The molecule has 1 aliphatic carbocycles. The second-order valence-corrected chi connectivity index (χ2v) is 8.74. The van der Waals surface area contributed by atoms with Crippen molar-refractivity contribution in [1.82, 2.24) is 0 Å². The summed E-state index contributed by atoms with van der Waals surface area (Å²) in [6, 6.07) is 8.21. The van der Waals surface area contributed by atoms with Crippen molar-refractivity contribution < 1.29 is 14.3 Å². The Morgan fingerprint density at radius 2 is 1.86 bits per heavy atom. The van der Waals surface area contributed by atoms with E-state index < -0.39 is 5.97 Å². The van der Waals surface area contributed by atoms with Crippen molar-refractivity contribution in [2.45, 2.75) is 58.3 Å². The molecule has 28 heavy (non-hydrogen) atoms. The minimum atomic E-state index is -0.421. The topological polar surface area (TPSA) is 55.4 Å². The third-order valence-corrected chi connectivity index (χ3v) is 6.47. The van der Waals surface area contributed by atoms with Crippen LogP contribution in [0.2, 0.25) is 0 Å². The molecule has 4 nitrogen and oxygen atoms in total. The molecule has 0 spiro atoms. The third kappa shape index (κ3) is 4.82. The molecule has 2 aromatic rings. The molecule has 0 bridgehead atoms. The average Bonchev–Trinajstić information content (AvgIpc) is 3.36. The second-order valence-electron chi connectivity index (χ2n) is 7.86. The zero-order valence-electron chi connectivity index (χ0n) is 16.9. The van der Waals surface area contributed by atoms with Crippen molar-refractivity contribution in [3.8, 4) is 11.1 Å². The molecule has 0 saturated heterocycles. The molecule has 1 aromatic heterocycles. The van der Waals surface area contributed by atoms with Crippen LogP contribution in [0.4, 0.5) is 5.00 Å². The van der Waals surface area contributed by atoms with E-state index in [4.69, 9.17) is 4.74 Å². The van der Waals surface area contributed by atoms with Gasteiger partial charge < -0.3 is 10.1 Å². The molecule has 0 aliphatic heterocycles. The van der Waals surface area contributed by atoms with Gasteiger partial charge in [-0.3, -0.25) is 4.79 Å². The molecule has 0 atom stereocenters. The Morgan fingerprint density at radius 3 is 2.46 bits per heavy atom. The molecule has 1 amide bonds. The van der Waals surface area contributed by atoms with Crippen LogP contribution >= 0.6 is 11.3 Å². The van der Waals surface area contributed by atoms with Gasteiger partial charge in [0.2, 0.25) is 5.91 Å². The summed E-state index contributed by atoms with van der Waals surface area (Å²) in [7, 11) is 1.37. The van der Waals surface area contributed by atoms with E-state index in [0.717, 1.165) is 17.5 Å². The number of ether oxygens (including phenoxy) is 1. The van der Waals surface area contributed by atoms with Gasteiger partial charge in [-0.15, -0.1) is 11.3 Å². The summed E-state index contributed by atoms with van der Waals surface area (Å²) < 4.78 is 5.00. The monoisotopic (exact) mass is 399 g/mol. The molecule has 0 unspecified atom stereocenters. The van der Waals surface area contributed by atoms with Gasteiger partial charge in [0.1, 0.15) is 10.6 Å². The van der Waals surface area contributed by atoms with E-state index >= 15 is 0 Å². The Morgan fingerprint density at radius 1 is 1.18 bits per heavy atom. The van der Waals surface area contributed by atoms with E-state index in [1.165, 1.54) is 49.7 Å². The van der Waals surface area contributed by atoms with Gasteiger partial charge in [0.05, 0.1) is 7.11 Å². The molecule has 1 heterocycles. The number of nitrogens with one attached hydrogen (secondary N) is 1. The first-order valence-electron chi connectivity index (χ1n) is 10.1. The molecular formula is C23H29NO3S. The zero-order valence-corrected chi connectivity index (χ0v) is 17.7. The number of thiophene rings is 1. The van der Waals surface area contributed by atoms with Gasteiger partial charge in [-0.2, -0.15) is 0 Å². The van der Waals surface area contributed by atoms with Crippen LogP contribution in [0, 0.1) is 5.92 Å². The first kappa shape index (κ1) is 20.6. The summed E-state index contributed by atoms with van der Waals surface area (Å²) in [5, 5.41) is 5.44. The van der Waals surface area contributed by atoms with Gasteiger partial charge in [-0.1, -0.05) is 63.8 Å². The van der Waals surface area contributed by atoms with E-state index in [1.54, 1.807) is 0 Å². The number of amides is 1. The second kappa shape index (κ2) is 9.37. The number of methoxy groups -OCH3 is 1. The predicted molar refractivity (Wildman–Crippen MR) is 115 cm³/mol. The molecule has 150 valence electrons. The van der Waals surface area contributed by atoms with Crippen LogP contribution < -0.4 is 5.32 Å². The number of hydrogen-bond acceptors (Lipinski definition) is 4. The Balaban J connectivity index is 1.77. The Hall–Kier alpha value is -2.14. The lowest BCUT2D eigenvalue weighted by atomic mass is 9.98. The first-order valence-corrected chi connectivity index (χ1v) is 11.0. The highest BCUT2D eigenvalue weighted by molar-refractivity contribution is 7.15. The molecule has 1 fully saturated rings. The molecule has 5 heteroatoms. The van der Waals surface area contributed by atoms with Crippen LogP contribution in [0.3, 0.4) is 0 Å². The van der Waals surface area contributed by atoms with Crippen molar-refractivity contribution in [3.63, 3.8) is 0 Å². The Bertz CT molecular complexity index is 817. The van der Waals surface area contributed by atoms with Crippen molar-refractivity contribution in [2.75, 3.05) is 12.4 Å². The number of hydrogen-bond donors (Lipinski definition) is 1. The zero-order chi connectivity index (χ0) is 20.1. The molecule has 1 N–H and O–H groups in total. The summed E-state index contributed by atoms with van der Waals surface area (Å²) >= 11 is 1.38. The SMILES string of the molecule is COC(=O)c1c(-c2ccc(C(C)C)cc2)csc1NC(=O)CCC1CCCC1. The van der Waals surface area contributed by atoms with E-state index in [1.807, 2.05) is 17.5 Å². The predicted octanol–water partition coefficient (Wildman–Crippen LogP) is 6.23. The van der Waals surface area contributed by atoms with Crippen molar-refractivity contribution in [3.05, 3.63) is 40.8 Å². The van der Waals surface area contributed by atoms with Crippen LogP contribution in [0.25, 0.3) is 11.1 Å². The number of anilines is 1. The third-order valence-electron chi connectivity index (χ3n) is 5.58. The highest BCUT2D eigenvalue weighted by Gasteiger charge is 2.23. The first-order chi connectivity index (χ1) is 13.5. The van der Waals surface area contributed by atoms with E-state index in [2.05, 4.69) is 31.3 Å². The quantitative estimate of drug-likeness (QED) is 0.561. The van der Waals surface area contributed by atoms with Crippen molar-refractivity contribution in [1.29, 1.82) is 0 Å². The average molecular weight is 400 g/mol. The van der Waals surface area contributed by atoms with Crippen LogP contribution in [-0.2, 0) is 9.53 Å². The summed E-state index contributed by atoms with van der Waals surface area (Å²) in [5.74, 6) is 0.673. The van der Waals surface area contributed by atoms with Gasteiger partial charge in [0.25, 0.3) is 0 Å². The minimum Gasteiger partial charge on any atom is -0.465 e. The molecule has 1 aliphatic rings. The van der Waals surface area contributed by atoms with Gasteiger partial charge >= 0.3 is 5.97 Å². The minimum absolute atomic E-state index is 0.0272. The smallest absolute Gasteiger partial charge is 0.341 e. The van der Waals surface area contributed by atoms with E-state index in [-0.39, 0.29) is 5.91 Å². The van der Waals surface area contributed by atoms with Crippen LogP contribution in [0.1, 0.15) is 74.2 Å². The number of esters is 1. The van der Waals surface area contributed by atoms with Gasteiger partial charge in [0.15, 0.2) is 0 Å². The van der Waals surface area contributed by atoms with Crippen molar-refractivity contribution in [2.24, 2.45) is 5.92 Å². The number of carbonyl (C=O) groups is 2. The van der Waals surface area contributed by atoms with Gasteiger partial charge in [0, 0.05) is 17.4 Å². The lowest BCUT2D eigenvalue weighted by Crippen LogP contribution is -2.14. The van der Waals surface area contributed by atoms with Crippen LogP contribution in [0.15, 0.2) is 29.6 Å². The maximum atomic E-state index is 12.4. The maximum Gasteiger partial charge on any atom is 0.341 e. The summed E-state index contributed by atoms with van der Waals surface area (Å²) in [4.78, 5) is 24.9. The van der Waals surface area contributed by atoms with Gasteiger partial charge in [-0.05, 0) is 29.4 Å². The fourth-order valence-electron chi connectivity index (χ4n) is 3.84. The summed E-state index contributed by atoms with van der Waals surface area (Å²) in [6.45, 7) is 4.30. The molecule has 1 saturated carbocycles. The fourth-order valence-corrected chi connectivity index (χ4v) is 4.81. The Kier molecular flexibility index (Phi) is 6.89. The number of benzene rings is 1. The molecule has 1 aromatic carbocycles. The van der Waals surface area contributed by atoms with Gasteiger partial charge in [-0.25, -0.2) is 4.79 Å². The number of rotatable bonds is 7. The highest BCUT2D eigenvalue weighted by Crippen LogP contribution is 2.37. The summed E-state index contributed by atoms with van der Waals surface area (Å²) in [6.07, 6.45) is 6.45. The molecule has 0 radical (unpaired) electrons. The van der Waals surface area contributed by atoms with E-state index in [0.29, 0.717) is 28.8 Å². The molecule has 3 rings (SSSR count). The van der Waals surface area contributed by atoms with E-state index in [9.17, 15) is 9.59 Å². The van der Waals surface area contributed by atoms with Crippen LogP contribution in [0.5, 0.6) is 0 Å². The maximum absolute atomic E-state index is 12.4. The summed E-state index contributed by atoms with van der Waals surface area (Å²) in [5.41, 5.74) is 3.45. The Labute approximate surface area is 171 Å².